The molecule has 5 nitrogen and oxygen atoms in total. The summed E-state index contributed by atoms with van der Waals surface area (Å²) in [5.41, 5.74) is 1.96. The number of aromatic nitrogens is 2. The van der Waals surface area contributed by atoms with E-state index in [0.29, 0.717) is 11.6 Å². The Hall–Kier alpha value is -3.15. The Bertz CT molecular complexity index is 868. The third kappa shape index (κ3) is 4.92. The Morgan fingerprint density at radius 1 is 1.00 bits per heavy atom. The maximum atomic E-state index is 13.0. The van der Waals surface area contributed by atoms with Crippen LogP contribution in [0.25, 0.3) is 0 Å². The zero-order valence-corrected chi connectivity index (χ0v) is 14.8. The molecule has 2 N–H and O–H groups in total. The van der Waals surface area contributed by atoms with E-state index < -0.39 is 0 Å². The van der Waals surface area contributed by atoms with E-state index in [1.165, 1.54) is 17.7 Å². The minimum Gasteiger partial charge on any atom is -0.497 e. The van der Waals surface area contributed by atoms with Gasteiger partial charge in [0.15, 0.2) is 0 Å². The maximum Gasteiger partial charge on any atom is 0.136 e. The van der Waals surface area contributed by atoms with E-state index in [4.69, 9.17) is 4.74 Å². The van der Waals surface area contributed by atoms with Crippen molar-refractivity contribution in [2.75, 3.05) is 24.3 Å². The summed E-state index contributed by atoms with van der Waals surface area (Å²) in [7, 11) is 1.66. The van der Waals surface area contributed by atoms with Crippen LogP contribution in [0, 0.1) is 12.7 Å². The Morgan fingerprint density at radius 3 is 2.54 bits per heavy atom. The average molecular weight is 352 g/mol. The van der Waals surface area contributed by atoms with Crippen LogP contribution in [0.1, 0.15) is 11.4 Å². The predicted octanol–water partition coefficient (Wildman–Crippen LogP) is 4.33. The summed E-state index contributed by atoms with van der Waals surface area (Å²) in [5.74, 6) is 2.64. The zero-order valence-electron chi connectivity index (χ0n) is 14.8. The van der Waals surface area contributed by atoms with E-state index in [9.17, 15) is 4.39 Å². The first-order valence-corrected chi connectivity index (χ1v) is 8.37. The molecule has 6 heteroatoms. The molecule has 0 spiro atoms. The fourth-order valence-electron chi connectivity index (χ4n) is 2.57. The van der Waals surface area contributed by atoms with Crippen LogP contribution in [0.4, 0.5) is 21.7 Å². The molecule has 0 saturated heterocycles. The monoisotopic (exact) mass is 352 g/mol. The lowest BCUT2D eigenvalue weighted by Crippen LogP contribution is -2.08. The first-order chi connectivity index (χ1) is 12.6. The van der Waals surface area contributed by atoms with E-state index in [-0.39, 0.29) is 5.82 Å². The number of halogens is 1. The van der Waals surface area contributed by atoms with Gasteiger partial charge < -0.3 is 15.4 Å². The Balaban J connectivity index is 1.62. The van der Waals surface area contributed by atoms with Gasteiger partial charge in [-0.1, -0.05) is 12.1 Å². The van der Waals surface area contributed by atoms with Gasteiger partial charge in [0.2, 0.25) is 0 Å². The van der Waals surface area contributed by atoms with Crippen LogP contribution >= 0.6 is 0 Å². The highest BCUT2D eigenvalue weighted by Crippen LogP contribution is 2.18. The molecule has 2 aromatic carbocycles. The minimum absolute atomic E-state index is 0.269. The SMILES string of the molecule is COc1cccc(CCNc2cc(Nc3ccc(F)cc3)nc(C)n2)c1. The number of hydrogen-bond acceptors (Lipinski definition) is 5. The summed E-state index contributed by atoms with van der Waals surface area (Å²) in [6, 6.07) is 16.0. The minimum atomic E-state index is -0.269. The van der Waals surface area contributed by atoms with Gasteiger partial charge in [-0.2, -0.15) is 0 Å². The van der Waals surface area contributed by atoms with Crippen LogP contribution in [0.15, 0.2) is 54.6 Å². The molecule has 0 bridgehead atoms. The third-order valence-electron chi connectivity index (χ3n) is 3.81. The fraction of sp³-hybridized carbons (Fsp3) is 0.200. The van der Waals surface area contributed by atoms with Crippen molar-refractivity contribution < 1.29 is 9.13 Å². The van der Waals surface area contributed by atoms with Gasteiger partial charge in [0.25, 0.3) is 0 Å². The van der Waals surface area contributed by atoms with Crippen LogP contribution in [-0.2, 0) is 6.42 Å². The smallest absolute Gasteiger partial charge is 0.136 e. The second kappa shape index (κ2) is 8.29. The van der Waals surface area contributed by atoms with Gasteiger partial charge in [0, 0.05) is 18.3 Å². The number of rotatable bonds is 7. The Kier molecular flexibility index (Phi) is 5.63. The molecule has 26 heavy (non-hydrogen) atoms. The molecule has 0 radical (unpaired) electrons. The third-order valence-corrected chi connectivity index (χ3v) is 3.81. The van der Waals surface area contributed by atoms with Crippen LogP contribution < -0.4 is 15.4 Å². The summed E-state index contributed by atoms with van der Waals surface area (Å²) in [5, 5.41) is 6.48. The number of methoxy groups -OCH3 is 1. The van der Waals surface area contributed by atoms with Crippen molar-refractivity contribution in [1.29, 1.82) is 0 Å². The molecule has 0 atom stereocenters. The van der Waals surface area contributed by atoms with Crippen molar-refractivity contribution in [3.63, 3.8) is 0 Å². The van der Waals surface area contributed by atoms with E-state index in [1.807, 2.05) is 31.2 Å². The normalized spacial score (nSPS) is 10.4. The molecule has 0 fully saturated rings. The molecule has 134 valence electrons. The van der Waals surface area contributed by atoms with E-state index >= 15 is 0 Å². The van der Waals surface area contributed by atoms with Crippen molar-refractivity contribution in [3.8, 4) is 5.75 Å². The molecule has 0 aliphatic heterocycles. The van der Waals surface area contributed by atoms with Crippen molar-refractivity contribution >= 4 is 17.3 Å². The predicted molar refractivity (Wildman–Crippen MR) is 102 cm³/mol. The highest BCUT2D eigenvalue weighted by Gasteiger charge is 2.03. The van der Waals surface area contributed by atoms with Crippen LogP contribution in [0.3, 0.4) is 0 Å². The molecule has 0 amide bonds. The Labute approximate surface area is 152 Å². The number of hydrogen-bond donors (Lipinski definition) is 2. The summed E-state index contributed by atoms with van der Waals surface area (Å²) in [4.78, 5) is 8.78. The topological polar surface area (TPSA) is 59.1 Å². The van der Waals surface area contributed by atoms with Gasteiger partial charge in [0.05, 0.1) is 7.11 Å². The Morgan fingerprint density at radius 2 is 1.77 bits per heavy atom. The molecule has 1 aromatic heterocycles. The number of aryl methyl sites for hydroxylation is 1. The molecule has 0 aliphatic rings. The summed E-state index contributed by atoms with van der Waals surface area (Å²) in [6.45, 7) is 2.57. The highest BCUT2D eigenvalue weighted by atomic mass is 19.1. The lowest BCUT2D eigenvalue weighted by atomic mass is 10.1. The molecular formula is C20H21FN4O. The van der Waals surface area contributed by atoms with E-state index in [0.717, 1.165) is 30.2 Å². The van der Waals surface area contributed by atoms with Crippen molar-refractivity contribution in [2.45, 2.75) is 13.3 Å². The van der Waals surface area contributed by atoms with Crippen molar-refractivity contribution in [3.05, 3.63) is 71.8 Å². The van der Waals surface area contributed by atoms with Gasteiger partial charge in [-0.25, -0.2) is 14.4 Å². The van der Waals surface area contributed by atoms with E-state index in [1.54, 1.807) is 19.2 Å². The second-order valence-electron chi connectivity index (χ2n) is 5.85. The molecule has 3 rings (SSSR count). The zero-order chi connectivity index (χ0) is 18.4. The standard InChI is InChI=1S/C20H21FN4O/c1-14-23-19(22-11-10-15-4-3-5-18(12-15)26-2)13-20(24-14)25-17-8-6-16(21)7-9-17/h3-9,12-13H,10-11H2,1-2H3,(H2,22,23,24,25). The van der Waals surface area contributed by atoms with Crippen molar-refractivity contribution in [2.24, 2.45) is 0 Å². The largest absolute Gasteiger partial charge is 0.497 e. The molecular weight excluding hydrogens is 331 g/mol. The van der Waals surface area contributed by atoms with Crippen LogP contribution in [-0.4, -0.2) is 23.6 Å². The van der Waals surface area contributed by atoms with Crippen molar-refractivity contribution in [1.82, 2.24) is 9.97 Å². The summed E-state index contributed by atoms with van der Waals surface area (Å²) < 4.78 is 18.3. The lowest BCUT2D eigenvalue weighted by molar-refractivity contribution is 0.414. The van der Waals surface area contributed by atoms with Gasteiger partial charge in [0.1, 0.15) is 29.0 Å². The number of nitrogens with one attached hydrogen (secondary N) is 2. The van der Waals surface area contributed by atoms with Gasteiger partial charge in [-0.3, -0.25) is 0 Å². The first kappa shape index (κ1) is 17.7. The molecule has 1 heterocycles. The average Bonchev–Trinajstić information content (AvgIpc) is 2.63. The number of anilines is 3. The molecule has 0 saturated carbocycles. The van der Waals surface area contributed by atoms with Gasteiger partial charge in [-0.05, 0) is 55.3 Å². The first-order valence-electron chi connectivity index (χ1n) is 8.37. The quantitative estimate of drug-likeness (QED) is 0.663. The summed E-state index contributed by atoms with van der Waals surface area (Å²) in [6.07, 6.45) is 0.848. The van der Waals surface area contributed by atoms with Gasteiger partial charge >= 0.3 is 0 Å². The second-order valence-corrected chi connectivity index (χ2v) is 5.85. The van der Waals surface area contributed by atoms with Gasteiger partial charge in [-0.15, -0.1) is 0 Å². The summed E-state index contributed by atoms with van der Waals surface area (Å²) >= 11 is 0. The highest BCUT2D eigenvalue weighted by molar-refractivity contribution is 5.59. The number of nitrogens with zero attached hydrogens (tertiary/aromatic N) is 2. The number of benzene rings is 2. The number of ether oxygens (including phenoxy) is 1. The molecule has 3 aromatic rings. The molecule has 0 aliphatic carbocycles. The lowest BCUT2D eigenvalue weighted by Gasteiger charge is -2.11. The maximum absolute atomic E-state index is 13.0. The van der Waals surface area contributed by atoms with Crippen LogP contribution in [0.2, 0.25) is 0 Å². The van der Waals surface area contributed by atoms with E-state index in [2.05, 4.69) is 26.7 Å². The van der Waals surface area contributed by atoms with Crippen LogP contribution in [0.5, 0.6) is 5.75 Å². The molecule has 0 unspecified atom stereocenters. The fourth-order valence-corrected chi connectivity index (χ4v) is 2.57.